The van der Waals surface area contributed by atoms with Crippen molar-refractivity contribution in [2.75, 3.05) is 32.1 Å². The molecule has 0 bridgehead atoms. The summed E-state index contributed by atoms with van der Waals surface area (Å²) in [5.74, 6) is 2.45. The Kier molecular flexibility index (Phi) is 3.33. The lowest BCUT2D eigenvalue weighted by atomic mass is 9.99. The summed E-state index contributed by atoms with van der Waals surface area (Å²) in [6.07, 6.45) is 2.28. The molecule has 0 saturated carbocycles. The Labute approximate surface area is 118 Å². The van der Waals surface area contributed by atoms with Crippen molar-refractivity contribution >= 4 is 11.3 Å². The normalized spacial score (nSPS) is 18.9. The van der Waals surface area contributed by atoms with Crippen molar-refractivity contribution in [2.24, 2.45) is 0 Å². The quantitative estimate of drug-likeness (QED) is 0.902. The Hall–Kier alpha value is -2.06. The maximum Gasteiger partial charge on any atom is 0.166 e. The first-order valence-electron chi connectivity index (χ1n) is 7.02. The van der Waals surface area contributed by atoms with Gasteiger partial charge in [0.1, 0.15) is 17.7 Å². The van der Waals surface area contributed by atoms with Gasteiger partial charge >= 0.3 is 0 Å². The van der Waals surface area contributed by atoms with E-state index in [4.69, 9.17) is 0 Å². The van der Waals surface area contributed by atoms with Crippen LogP contribution in [0.2, 0.25) is 0 Å². The van der Waals surface area contributed by atoms with Crippen LogP contribution in [-0.2, 0) is 0 Å². The van der Waals surface area contributed by atoms with Gasteiger partial charge in [-0.3, -0.25) is 4.40 Å². The molecular formula is C15H19N5. The molecule has 20 heavy (non-hydrogen) atoms. The molecule has 1 fully saturated rings. The van der Waals surface area contributed by atoms with E-state index in [-0.39, 0.29) is 0 Å². The van der Waals surface area contributed by atoms with Crippen LogP contribution in [0, 0.1) is 11.3 Å². The first kappa shape index (κ1) is 12.9. The predicted molar refractivity (Wildman–Crippen MR) is 79.1 cm³/mol. The Morgan fingerprint density at radius 3 is 2.95 bits per heavy atom. The molecule has 1 aliphatic rings. The summed E-state index contributed by atoms with van der Waals surface area (Å²) in [4.78, 5) is 6.67. The Balaban J connectivity index is 2.22. The zero-order valence-electron chi connectivity index (χ0n) is 11.9. The average molecular weight is 269 g/mol. The molecule has 1 atom stereocenters. The van der Waals surface area contributed by atoms with Crippen LogP contribution in [-0.4, -0.2) is 36.6 Å². The van der Waals surface area contributed by atoms with E-state index in [1.807, 2.05) is 26.2 Å². The van der Waals surface area contributed by atoms with E-state index in [0.717, 1.165) is 43.1 Å². The highest BCUT2D eigenvalue weighted by molar-refractivity contribution is 5.64. The van der Waals surface area contributed by atoms with Crippen LogP contribution in [0.15, 0.2) is 18.2 Å². The molecule has 2 aromatic rings. The molecule has 3 rings (SSSR count). The largest absolute Gasteiger partial charge is 0.364 e. The molecule has 0 amide bonds. The van der Waals surface area contributed by atoms with Crippen LogP contribution < -0.4 is 10.2 Å². The molecule has 1 saturated heterocycles. The second kappa shape index (κ2) is 5.14. The van der Waals surface area contributed by atoms with Crippen molar-refractivity contribution in [1.29, 1.82) is 5.26 Å². The monoisotopic (exact) mass is 269 g/mol. The Morgan fingerprint density at radius 1 is 1.45 bits per heavy atom. The highest BCUT2D eigenvalue weighted by Crippen LogP contribution is 2.28. The van der Waals surface area contributed by atoms with Crippen molar-refractivity contribution in [3.05, 3.63) is 29.7 Å². The Bertz CT molecular complexity index is 659. The van der Waals surface area contributed by atoms with Crippen molar-refractivity contribution in [3.8, 4) is 6.07 Å². The van der Waals surface area contributed by atoms with E-state index in [1.54, 1.807) is 0 Å². The standard InChI is InChI=1S/C15H19N5/c1-19(2)14-7-3-6-13-12(9-16)18-15(20(13)14)11-5-4-8-17-10-11/h3,6-7,11,17H,4-5,8,10H2,1-2H3. The molecule has 2 aromatic heterocycles. The summed E-state index contributed by atoms with van der Waals surface area (Å²) in [5, 5.41) is 12.7. The van der Waals surface area contributed by atoms with Crippen molar-refractivity contribution in [1.82, 2.24) is 14.7 Å². The number of pyridine rings is 1. The summed E-state index contributed by atoms with van der Waals surface area (Å²) < 4.78 is 2.14. The highest BCUT2D eigenvalue weighted by atomic mass is 15.2. The summed E-state index contributed by atoms with van der Waals surface area (Å²) in [5.41, 5.74) is 1.42. The van der Waals surface area contributed by atoms with Crippen LogP contribution in [0.5, 0.6) is 0 Å². The third-order valence-corrected chi connectivity index (χ3v) is 3.89. The zero-order chi connectivity index (χ0) is 14.1. The number of piperidine rings is 1. The lowest BCUT2D eigenvalue weighted by Gasteiger charge is -2.23. The number of rotatable bonds is 2. The minimum absolute atomic E-state index is 0.374. The zero-order valence-corrected chi connectivity index (χ0v) is 11.9. The molecule has 3 heterocycles. The lowest BCUT2D eigenvalue weighted by molar-refractivity contribution is 0.445. The lowest BCUT2D eigenvalue weighted by Crippen LogP contribution is -2.29. The second-order valence-electron chi connectivity index (χ2n) is 5.47. The fourth-order valence-electron chi connectivity index (χ4n) is 2.92. The van der Waals surface area contributed by atoms with Crippen molar-refractivity contribution in [3.63, 3.8) is 0 Å². The number of hydrogen-bond donors (Lipinski definition) is 1. The van der Waals surface area contributed by atoms with Gasteiger partial charge in [0.05, 0.1) is 5.52 Å². The summed E-state index contributed by atoms with van der Waals surface area (Å²) in [6.45, 7) is 2.01. The number of anilines is 1. The van der Waals surface area contributed by atoms with Crippen LogP contribution in [0.1, 0.15) is 30.3 Å². The Morgan fingerprint density at radius 2 is 2.30 bits per heavy atom. The van der Waals surface area contributed by atoms with E-state index in [1.165, 1.54) is 0 Å². The molecular weight excluding hydrogens is 250 g/mol. The minimum atomic E-state index is 0.374. The molecule has 1 unspecified atom stereocenters. The molecule has 1 N–H and O–H groups in total. The van der Waals surface area contributed by atoms with Crippen LogP contribution >= 0.6 is 0 Å². The van der Waals surface area contributed by atoms with Gasteiger partial charge < -0.3 is 10.2 Å². The van der Waals surface area contributed by atoms with E-state index in [0.29, 0.717) is 11.6 Å². The number of aromatic nitrogens is 2. The van der Waals surface area contributed by atoms with Crippen LogP contribution in [0.3, 0.4) is 0 Å². The van der Waals surface area contributed by atoms with Gasteiger partial charge in [-0.05, 0) is 31.5 Å². The van der Waals surface area contributed by atoms with Gasteiger partial charge in [-0.2, -0.15) is 5.26 Å². The number of nitrogens with zero attached hydrogens (tertiary/aromatic N) is 4. The van der Waals surface area contributed by atoms with Crippen LogP contribution in [0.4, 0.5) is 5.82 Å². The SMILES string of the molecule is CN(C)c1cccc2c(C#N)nc(C3CCCNC3)n12. The summed E-state index contributed by atoms with van der Waals surface area (Å²) in [7, 11) is 4.04. The third-order valence-electron chi connectivity index (χ3n) is 3.89. The number of nitrogens with one attached hydrogen (secondary N) is 1. The van der Waals surface area contributed by atoms with E-state index in [2.05, 4.69) is 31.7 Å². The van der Waals surface area contributed by atoms with Gasteiger partial charge in [0, 0.05) is 26.6 Å². The topological polar surface area (TPSA) is 56.4 Å². The third kappa shape index (κ3) is 2.02. The van der Waals surface area contributed by atoms with E-state index >= 15 is 0 Å². The molecule has 0 aromatic carbocycles. The van der Waals surface area contributed by atoms with E-state index < -0.39 is 0 Å². The molecule has 104 valence electrons. The first-order valence-corrected chi connectivity index (χ1v) is 7.02. The van der Waals surface area contributed by atoms with Gasteiger partial charge in [0.2, 0.25) is 0 Å². The number of hydrogen-bond acceptors (Lipinski definition) is 4. The molecule has 1 aliphatic heterocycles. The fraction of sp³-hybridized carbons (Fsp3) is 0.467. The molecule has 5 nitrogen and oxygen atoms in total. The van der Waals surface area contributed by atoms with Gasteiger partial charge in [-0.25, -0.2) is 4.98 Å². The predicted octanol–water partition coefficient (Wildman–Crippen LogP) is 1.74. The van der Waals surface area contributed by atoms with Gasteiger partial charge in [0.25, 0.3) is 0 Å². The number of imidazole rings is 1. The van der Waals surface area contributed by atoms with Gasteiger partial charge in [-0.1, -0.05) is 6.07 Å². The minimum Gasteiger partial charge on any atom is -0.364 e. The van der Waals surface area contributed by atoms with Crippen LogP contribution in [0.25, 0.3) is 5.52 Å². The van der Waals surface area contributed by atoms with E-state index in [9.17, 15) is 5.26 Å². The maximum atomic E-state index is 9.32. The number of fused-ring (bicyclic) bond motifs is 1. The number of nitriles is 1. The maximum absolute atomic E-state index is 9.32. The first-order chi connectivity index (χ1) is 9.72. The second-order valence-corrected chi connectivity index (χ2v) is 5.47. The fourth-order valence-corrected chi connectivity index (χ4v) is 2.92. The van der Waals surface area contributed by atoms with Crippen molar-refractivity contribution < 1.29 is 0 Å². The summed E-state index contributed by atoms with van der Waals surface area (Å²) >= 11 is 0. The van der Waals surface area contributed by atoms with Crippen molar-refractivity contribution in [2.45, 2.75) is 18.8 Å². The smallest absolute Gasteiger partial charge is 0.166 e. The van der Waals surface area contributed by atoms with Gasteiger partial charge in [-0.15, -0.1) is 0 Å². The highest BCUT2D eigenvalue weighted by Gasteiger charge is 2.23. The molecule has 0 spiro atoms. The summed E-state index contributed by atoms with van der Waals surface area (Å²) in [6, 6.07) is 8.24. The average Bonchev–Trinajstić information content (AvgIpc) is 2.86. The van der Waals surface area contributed by atoms with Gasteiger partial charge in [0.15, 0.2) is 5.69 Å². The molecule has 0 radical (unpaired) electrons. The molecule has 0 aliphatic carbocycles. The molecule has 5 heteroatoms.